The Kier molecular flexibility index (Phi) is 4.20. The number of halogens is 1. The van der Waals surface area contributed by atoms with Crippen LogP contribution in [0.2, 0.25) is 5.02 Å². The van der Waals surface area contributed by atoms with Crippen molar-refractivity contribution in [1.82, 2.24) is 0 Å². The molecule has 1 aromatic rings. The van der Waals surface area contributed by atoms with E-state index in [4.69, 9.17) is 31.9 Å². The number of carboxylic acids is 1. The van der Waals surface area contributed by atoms with Crippen LogP contribution in [-0.4, -0.2) is 25.3 Å². The third kappa shape index (κ3) is 2.45. The molecule has 0 amide bonds. The first kappa shape index (κ1) is 13.6. The standard InChI is InChI=1S/C11H14ClNO4/c1-5-6(12)4-7(16-2)10(17-3)8(5)9(13)11(14)15/h4,9H,13H2,1-3H3,(H,14,15). The van der Waals surface area contributed by atoms with Crippen LogP contribution in [0, 0.1) is 6.92 Å². The molecule has 0 aliphatic rings. The van der Waals surface area contributed by atoms with E-state index >= 15 is 0 Å². The number of aliphatic carboxylic acids is 1. The highest BCUT2D eigenvalue weighted by Crippen LogP contribution is 2.40. The highest BCUT2D eigenvalue weighted by atomic mass is 35.5. The van der Waals surface area contributed by atoms with Crippen molar-refractivity contribution in [2.75, 3.05) is 14.2 Å². The van der Waals surface area contributed by atoms with Crippen LogP contribution in [0.1, 0.15) is 17.2 Å². The lowest BCUT2D eigenvalue weighted by atomic mass is 10.00. The van der Waals surface area contributed by atoms with Crippen molar-refractivity contribution in [3.63, 3.8) is 0 Å². The van der Waals surface area contributed by atoms with Crippen LogP contribution < -0.4 is 15.2 Å². The second-order valence-electron chi connectivity index (χ2n) is 3.45. The van der Waals surface area contributed by atoms with Crippen molar-refractivity contribution in [2.45, 2.75) is 13.0 Å². The van der Waals surface area contributed by atoms with Crippen LogP contribution in [0.25, 0.3) is 0 Å². The maximum atomic E-state index is 11.0. The molecule has 0 radical (unpaired) electrons. The van der Waals surface area contributed by atoms with Crippen LogP contribution >= 0.6 is 11.6 Å². The molecule has 1 aromatic carbocycles. The zero-order valence-corrected chi connectivity index (χ0v) is 10.5. The average molecular weight is 260 g/mol. The molecular weight excluding hydrogens is 246 g/mol. The van der Waals surface area contributed by atoms with Gasteiger partial charge < -0.3 is 20.3 Å². The maximum absolute atomic E-state index is 11.0. The Hall–Kier alpha value is -1.46. The van der Waals surface area contributed by atoms with Crippen LogP contribution in [0.4, 0.5) is 0 Å². The lowest BCUT2D eigenvalue weighted by Crippen LogP contribution is -2.22. The predicted molar refractivity (Wildman–Crippen MR) is 63.9 cm³/mol. The zero-order chi connectivity index (χ0) is 13.2. The molecule has 0 heterocycles. The molecule has 94 valence electrons. The highest BCUT2D eigenvalue weighted by Gasteiger charge is 2.25. The monoisotopic (exact) mass is 259 g/mol. The van der Waals surface area contributed by atoms with Crippen molar-refractivity contribution >= 4 is 17.6 Å². The zero-order valence-electron chi connectivity index (χ0n) is 9.78. The molecule has 17 heavy (non-hydrogen) atoms. The summed E-state index contributed by atoms with van der Waals surface area (Å²) >= 11 is 5.99. The average Bonchev–Trinajstić information content (AvgIpc) is 2.30. The lowest BCUT2D eigenvalue weighted by Gasteiger charge is -2.18. The first-order chi connectivity index (χ1) is 7.93. The molecule has 0 spiro atoms. The Labute approximate surface area is 104 Å². The molecule has 3 N–H and O–H groups in total. The van der Waals surface area contributed by atoms with Gasteiger partial charge in [-0.15, -0.1) is 0 Å². The number of hydrogen-bond donors (Lipinski definition) is 2. The molecule has 0 aliphatic carbocycles. The van der Waals surface area contributed by atoms with Gasteiger partial charge in [-0.05, 0) is 12.5 Å². The van der Waals surface area contributed by atoms with Crippen molar-refractivity contribution in [3.8, 4) is 11.5 Å². The molecule has 6 heteroatoms. The molecule has 0 aliphatic heterocycles. The van der Waals surface area contributed by atoms with Gasteiger partial charge in [-0.2, -0.15) is 0 Å². The summed E-state index contributed by atoms with van der Waals surface area (Å²) < 4.78 is 10.2. The molecular formula is C11H14ClNO4. The maximum Gasteiger partial charge on any atom is 0.325 e. The minimum atomic E-state index is -1.21. The Morgan fingerprint density at radius 3 is 2.47 bits per heavy atom. The van der Waals surface area contributed by atoms with Crippen molar-refractivity contribution in [2.24, 2.45) is 5.73 Å². The molecule has 1 atom stereocenters. The number of methoxy groups -OCH3 is 2. The van der Waals surface area contributed by atoms with Crippen molar-refractivity contribution in [1.29, 1.82) is 0 Å². The quantitative estimate of drug-likeness (QED) is 0.861. The second kappa shape index (κ2) is 5.25. The second-order valence-corrected chi connectivity index (χ2v) is 3.86. The van der Waals surface area contributed by atoms with Crippen LogP contribution in [0.15, 0.2) is 6.07 Å². The molecule has 5 nitrogen and oxygen atoms in total. The molecule has 1 rings (SSSR count). The molecule has 1 unspecified atom stereocenters. The van der Waals surface area contributed by atoms with Gasteiger partial charge in [0.05, 0.1) is 14.2 Å². The largest absolute Gasteiger partial charge is 0.493 e. The first-order valence-corrected chi connectivity index (χ1v) is 5.21. The minimum absolute atomic E-state index is 0.296. The Morgan fingerprint density at radius 1 is 1.47 bits per heavy atom. The van der Waals surface area contributed by atoms with E-state index in [-0.39, 0.29) is 0 Å². The van der Waals surface area contributed by atoms with Gasteiger partial charge in [0.15, 0.2) is 11.5 Å². The third-order valence-corrected chi connectivity index (χ3v) is 2.88. The molecule has 0 bridgehead atoms. The van der Waals surface area contributed by atoms with Gasteiger partial charge in [-0.1, -0.05) is 11.6 Å². The van der Waals surface area contributed by atoms with E-state index in [0.29, 0.717) is 27.6 Å². The SMILES string of the molecule is COc1cc(Cl)c(C)c(C(N)C(=O)O)c1OC. The van der Waals surface area contributed by atoms with Crippen molar-refractivity contribution in [3.05, 3.63) is 22.2 Å². The summed E-state index contributed by atoms with van der Waals surface area (Å²) in [6.07, 6.45) is 0. The number of carboxylic acid groups (broad SMARTS) is 1. The van der Waals surface area contributed by atoms with E-state index in [1.807, 2.05) is 0 Å². The van der Waals surface area contributed by atoms with E-state index < -0.39 is 12.0 Å². The Bertz CT molecular complexity index is 448. The third-order valence-electron chi connectivity index (χ3n) is 2.49. The van der Waals surface area contributed by atoms with Gasteiger partial charge in [-0.25, -0.2) is 0 Å². The van der Waals surface area contributed by atoms with E-state index in [1.54, 1.807) is 13.0 Å². The molecule has 0 fully saturated rings. The summed E-state index contributed by atoms with van der Waals surface area (Å²) in [4.78, 5) is 11.0. The summed E-state index contributed by atoms with van der Waals surface area (Å²) in [5, 5.41) is 9.35. The summed E-state index contributed by atoms with van der Waals surface area (Å²) in [5.74, 6) is -0.505. The van der Waals surface area contributed by atoms with E-state index in [1.165, 1.54) is 14.2 Å². The fraction of sp³-hybridized carbons (Fsp3) is 0.364. The van der Waals surface area contributed by atoms with Gasteiger partial charge in [-0.3, -0.25) is 4.79 Å². The molecule has 0 saturated carbocycles. The summed E-state index contributed by atoms with van der Waals surface area (Å²) in [5.41, 5.74) is 6.51. The fourth-order valence-electron chi connectivity index (χ4n) is 1.58. The predicted octanol–water partition coefficient (Wildman–Crippen LogP) is 1.75. The van der Waals surface area contributed by atoms with Crippen LogP contribution in [0.3, 0.4) is 0 Å². The van der Waals surface area contributed by atoms with Gasteiger partial charge >= 0.3 is 5.97 Å². The van der Waals surface area contributed by atoms with Crippen molar-refractivity contribution < 1.29 is 19.4 Å². The van der Waals surface area contributed by atoms with Crippen LogP contribution in [0.5, 0.6) is 11.5 Å². The topological polar surface area (TPSA) is 81.8 Å². The normalized spacial score (nSPS) is 12.1. The van der Waals surface area contributed by atoms with E-state index in [0.717, 1.165) is 0 Å². The number of ether oxygens (including phenoxy) is 2. The lowest BCUT2D eigenvalue weighted by molar-refractivity contribution is -0.138. The molecule has 0 saturated heterocycles. The number of rotatable bonds is 4. The fourth-order valence-corrected chi connectivity index (χ4v) is 1.78. The minimum Gasteiger partial charge on any atom is -0.493 e. The highest BCUT2D eigenvalue weighted by molar-refractivity contribution is 6.31. The first-order valence-electron chi connectivity index (χ1n) is 4.83. The number of carbonyl (C=O) groups is 1. The van der Waals surface area contributed by atoms with Gasteiger partial charge in [0, 0.05) is 16.7 Å². The van der Waals surface area contributed by atoms with E-state index in [2.05, 4.69) is 0 Å². The van der Waals surface area contributed by atoms with Crippen LogP contribution in [-0.2, 0) is 4.79 Å². The van der Waals surface area contributed by atoms with E-state index in [9.17, 15) is 4.79 Å². The van der Waals surface area contributed by atoms with Gasteiger partial charge in [0.25, 0.3) is 0 Å². The van der Waals surface area contributed by atoms with Gasteiger partial charge in [0.2, 0.25) is 0 Å². The number of hydrogen-bond acceptors (Lipinski definition) is 4. The van der Waals surface area contributed by atoms with Gasteiger partial charge in [0.1, 0.15) is 6.04 Å². The number of nitrogens with two attached hydrogens (primary N) is 1. The summed E-state index contributed by atoms with van der Waals surface area (Å²) in [6.45, 7) is 1.68. The molecule has 0 aromatic heterocycles. The Balaban J connectivity index is 3.53. The Morgan fingerprint density at radius 2 is 2.06 bits per heavy atom. The smallest absolute Gasteiger partial charge is 0.325 e. The summed E-state index contributed by atoms with van der Waals surface area (Å²) in [6, 6.07) is 0.353. The number of benzene rings is 1. The summed E-state index contributed by atoms with van der Waals surface area (Å²) in [7, 11) is 2.86.